The fourth-order valence-corrected chi connectivity index (χ4v) is 4.48. The van der Waals surface area contributed by atoms with Crippen LogP contribution >= 0.6 is 11.3 Å². The van der Waals surface area contributed by atoms with Crippen molar-refractivity contribution in [3.63, 3.8) is 0 Å². The summed E-state index contributed by atoms with van der Waals surface area (Å²) in [7, 11) is 3.55. The monoisotopic (exact) mass is 371 g/mol. The number of imidazole rings is 1. The van der Waals surface area contributed by atoms with Crippen molar-refractivity contribution in [2.45, 2.75) is 12.6 Å². The molecule has 1 aliphatic heterocycles. The zero-order valence-electron chi connectivity index (χ0n) is 14.8. The molecule has 4 heterocycles. The van der Waals surface area contributed by atoms with Crippen LogP contribution in [0.2, 0.25) is 0 Å². The number of aromatic amines is 1. The van der Waals surface area contributed by atoms with E-state index in [0.717, 1.165) is 46.0 Å². The summed E-state index contributed by atoms with van der Waals surface area (Å²) in [6.07, 6.45) is 5.15. The van der Waals surface area contributed by atoms with Gasteiger partial charge in [0.05, 0.1) is 19.0 Å². The molecular weight excluding hydrogens is 350 g/mol. The van der Waals surface area contributed by atoms with Crippen molar-refractivity contribution < 1.29 is 9.53 Å². The summed E-state index contributed by atoms with van der Waals surface area (Å²) in [6, 6.07) is 3.94. The Labute approximate surface area is 155 Å². The smallest absolute Gasteiger partial charge is 0.263 e. The summed E-state index contributed by atoms with van der Waals surface area (Å²) in [5, 5.41) is 1.01. The second-order valence-electron chi connectivity index (χ2n) is 6.57. The van der Waals surface area contributed by atoms with Crippen LogP contribution in [-0.4, -0.2) is 64.5 Å². The number of ether oxygens (including phenoxy) is 1. The summed E-state index contributed by atoms with van der Waals surface area (Å²) in [4.78, 5) is 29.9. The van der Waals surface area contributed by atoms with E-state index in [2.05, 4.69) is 19.9 Å². The van der Waals surface area contributed by atoms with Crippen molar-refractivity contribution in [2.75, 3.05) is 33.8 Å². The Bertz CT molecular complexity index is 906. The number of fused-ring (bicyclic) bond motifs is 1. The Hall–Kier alpha value is -2.29. The minimum atomic E-state index is -0.150. The van der Waals surface area contributed by atoms with Crippen LogP contribution < -0.4 is 0 Å². The predicted molar refractivity (Wildman–Crippen MR) is 100 cm³/mol. The first-order valence-corrected chi connectivity index (χ1v) is 9.35. The molecule has 3 aromatic rings. The number of amides is 1. The molecule has 3 aromatic heterocycles. The molecule has 1 atom stereocenters. The lowest BCUT2D eigenvalue weighted by molar-refractivity contribution is -0.0327. The Morgan fingerprint density at radius 3 is 3.15 bits per heavy atom. The molecule has 1 saturated heterocycles. The number of carbonyl (C=O) groups is 1. The first-order valence-electron chi connectivity index (χ1n) is 8.53. The molecule has 0 radical (unpaired) electrons. The van der Waals surface area contributed by atoms with Gasteiger partial charge in [0.15, 0.2) is 0 Å². The molecule has 1 N–H and O–H groups in total. The van der Waals surface area contributed by atoms with Crippen LogP contribution in [0.5, 0.6) is 0 Å². The highest BCUT2D eigenvalue weighted by Gasteiger charge is 2.30. The van der Waals surface area contributed by atoms with E-state index in [1.165, 1.54) is 11.3 Å². The minimum absolute atomic E-state index is 0.00251. The highest BCUT2D eigenvalue weighted by molar-refractivity contribution is 7.20. The molecule has 1 amide bonds. The summed E-state index contributed by atoms with van der Waals surface area (Å²) in [6.45, 7) is 3.00. The Morgan fingerprint density at radius 2 is 2.38 bits per heavy atom. The van der Waals surface area contributed by atoms with Crippen LogP contribution in [0.15, 0.2) is 30.9 Å². The van der Waals surface area contributed by atoms with E-state index in [4.69, 9.17) is 4.74 Å². The average Bonchev–Trinajstić information content (AvgIpc) is 3.28. The van der Waals surface area contributed by atoms with Gasteiger partial charge in [-0.2, -0.15) is 0 Å². The summed E-state index contributed by atoms with van der Waals surface area (Å²) in [5.41, 5.74) is 2.04. The standard InChI is InChI=1S/C18H21N5O2S/c1-22(2)18(24)16-15(13-4-3-5-20-17(13)26-16)14-10-23(6-7-25-14)9-12-8-19-11-21-12/h3-5,8,11,14H,6-7,9-10H2,1-2H3,(H,19,21)/t14-/m0/s1. The third-order valence-electron chi connectivity index (χ3n) is 4.53. The Balaban J connectivity index is 1.68. The number of pyridine rings is 1. The molecule has 1 fully saturated rings. The normalized spacial score (nSPS) is 18.3. The Kier molecular flexibility index (Phi) is 4.71. The van der Waals surface area contributed by atoms with E-state index < -0.39 is 0 Å². The van der Waals surface area contributed by atoms with Crippen LogP contribution in [0.25, 0.3) is 10.2 Å². The van der Waals surface area contributed by atoms with Gasteiger partial charge in [-0.1, -0.05) is 6.07 Å². The van der Waals surface area contributed by atoms with E-state index in [-0.39, 0.29) is 12.0 Å². The van der Waals surface area contributed by atoms with E-state index in [1.807, 2.05) is 18.3 Å². The second kappa shape index (κ2) is 7.14. The van der Waals surface area contributed by atoms with Gasteiger partial charge < -0.3 is 14.6 Å². The number of morpholine rings is 1. The summed E-state index contributed by atoms with van der Waals surface area (Å²) in [5.74, 6) is -0.00251. The first kappa shape index (κ1) is 17.1. The second-order valence-corrected chi connectivity index (χ2v) is 7.57. The van der Waals surface area contributed by atoms with Gasteiger partial charge in [-0.05, 0) is 6.07 Å². The third kappa shape index (κ3) is 3.23. The molecule has 0 bridgehead atoms. The predicted octanol–water partition coefficient (Wildman–Crippen LogP) is 2.29. The van der Waals surface area contributed by atoms with Crippen molar-refractivity contribution in [1.82, 2.24) is 24.8 Å². The van der Waals surface area contributed by atoms with E-state index in [9.17, 15) is 4.79 Å². The van der Waals surface area contributed by atoms with Gasteiger partial charge in [0.25, 0.3) is 5.91 Å². The maximum atomic E-state index is 12.7. The van der Waals surface area contributed by atoms with Gasteiger partial charge in [0.2, 0.25) is 0 Å². The lowest BCUT2D eigenvalue weighted by atomic mass is 10.0. The zero-order chi connectivity index (χ0) is 18.1. The summed E-state index contributed by atoms with van der Waals surface area (Å²) >= 11 is 1.44. The van der Waals surface area contributed by atoms with Gasteiger partial charge in [-0.15, -0.1) is 11.3 Å². The molecule has 26 heavy (non-hydrogen) atoms. The molecule has 4 rings (SSSR count). The van der Waals surface area contributed by atoms with Crippen LogP contribution in [0, 0.1) is 0 Å². The van der Waals surface area contributed by atoms with Gasteiger partial charge >= 0.3 is 0 Å². The highest BCUT2D eigenvalue weighted by atomic mass is 32.1. The average molecular weight is 371 g/mol. The lowest BCUT2D eigenvalue weighted by Gasteiger charge is -2.33. The number of hydrogen-bond acceptors (Lipinski definition) is 6. The first-order chi connectivity index (χ1) is 12.6. The molecule has 8 heteroatoms. The van der Waals surface area contributed by atoms with Gasteiger partial charge in [-0.3, -0.25) is 9.69 Å². The maximum absolute atomic E-state index is 12.7. The molecule has 1 aliphatic rings. The lowest BCUT2D eigenvalue weighted by Crippen LogP contribution is -2.38. The van der Waals surface area contributed by atoms with Crippen LogP contribution in [0.4, 0.5) is 0 Å². The van der Waals surface area contributed by atoms with Crippen LogP contribution in [0.3, 0.4) is 0 Å². The number of carbonyl (C=O) groups excluding carboxylic acids is 1. The van der Waals surface area contributed by atoms with Crippen molar-refractivity contribution >= 4 is 27.5 Å². The van der Waals surface area contributed by atoms with E-state index >= 15 is 0 Å². The third-order valence-corrected chi connectivity index (χ3v) is 5.64. The number of nitrogens with one attached hydrogen (secondary N) is 1. The molecule has 0 saturated carbocycles. The molecule has 0 spiro atoms. The summed E-state index contributed by atoms with van der Waals surface area (Å²) < 4.78 is 6.09. The topological polar surface area (TPSA) is 74.4 Å². The van der Waals surface area contributed by atoms with Gasteiger partial charge in [-0.25, -0.2) is 9.97 Å². The largest absolute Gasteiger partial charge is 0.371 e. The number of H-pyrrole nitrogens is 1. The maximum Gasteiger partial charge on any atom is 0.263 e. The number of thiophene rings is 1. The fraction of sp³-hybridized carbons (Fsp3) is 0.389. The van der Waals surface area contributed by atoms with Crippen molar-refractivity contribution in [3.8, 4) is 0 Å². The SMILES string of the molecule is CN(C)C(=O)c1sc2ncccc2c1[C@@H]1CN(Cc2cnc[nH]2)CCO1. The van der Waals surface area contributed by atoms with Crippen LogP contribution in [0.1, 0.15) is 27.0 Å². The zero-order valence-corrected chi connectivity index (χ0v) is 15.6. The number of nitrogens with zero attached hydrogens (tertiary/aromatic N) is 4. The molecular formula is C18H21N5O2S. The molecule has 7 nitrogen and oxygen atoms in total. The molecule has 0 aromatic carbocycles. The number of hydrogen-bond donors (Lipinski definition) is 1. The molecule has 0 aliphatic carbocycles. The Morgan fingerprint density at radius 1 is 1.50 bits per heavy atom. The van der Waals surface area contributed by atoms with E-state index in [1.54, 1.807) is 31.5 Å². The minimum Gasteiger partial charge on any atom is -0.371 e. The van der Waals surface area contributed by atoms with Crippen molar-refractivity contribution in [3.05, 3.63) is 47.0 Å². The fourth-order valence-electron chi connectivity index (χ4n) is 3.27. The quantitative estimate of drug-likeness (QED) is 0.762. The van der Waals surface area contributed by atoms with Crippen LogP contribution in [-0.2, 0) is 11.3 Å². The van der Waals surface area contributed by atoms with Crippen molar-refractivity contribution in [2.24, 2.45) is 0 Å². The van der Waals surface area contributed by atoms with Gasteiger partial charge in [0, 0.05) is 62.8 Å². The van der Waals surface area contributed by atoms with Crippen molar-refractivity contribution in [1.29, 1.82) is 0 Å². The van der Waals surface area contributed by atoms with Gasteiger partial charge in [0.1, 0.15) is 9.71 Å². The molecule has 0 unspecified atom stereocenters. The molecule has 136 valence electrons. The van der Waals surface area contributed by atoms with E-state index in [0.29, 0.717) is 6.61 Å². The number of rotatable bonds is 4. The number of aromatic nitrogens is 3. The highest BCUT2D eigenvalue weighted by Crippen LogP contribution is 2.37.